The average Bonchev–Trinajstić information content (AvgIpc) is 2.75. The van der Waals surface area contributed by atoms with Gasteiger partial charge in [0.05, 0.1) is 21.2 Å². The van der Waals surface area contributed by atoms with Crippen molar-refractivity contribution in [1.29, 1.82) is 0 Å². The van der Waals surface area contributed by atoms with E-state index >= 15 is 0 Å². The maximum atomic E-state index is 12.7. The van der Waals surface area contributed by atoms with E-state index in [-0.39, 0.29) is 21.2 Å². The Balaban J connectivity index is 1.77. The molecule has 160 valence electrons. The average molecular weight is 478 g/mol. The number of amides is 2. The number of nitrogens with one attached hydrogen (secondary N) is 3. The highest BCUT2D eigenvalue weighted by atomic mass is 35.5. The molecule has 0 radical (unpaired) electrons. The molecule has 7 nitrogen and oxygen atoms in total. The number of benzene rings is 3. The summed E-state index contributed by atoms with van der Waals surface area (Å²) in [5.74, 6) is -1.31. The first kappa shape index (κ1) is 22.6. The van der Waals surface area contributed by atoms with E-state index < -0.39 is 21.8 Å². The molecule has 3 rings (SSSR count). The highest BCUT2D eigenvalue weighted by Gasteiger charge is 2.20. The minimum absolute atomic E-state index is 0.0174. The summed E-state index contributed by atoms with van der Waals surface area (Å²) in [5, 5.41) is 0.425. The lowest BCUT2D eigenvalue weighted by molar-refractivity contribution is 0.0846. The van der Waals surface area contributed by atoms with E-state index in [0.717, 1.165) is 11.6 Å². The van der Waals surface area contributed by atoms with Crippen molar-refractivity contribution >= 4 is 50.7 Å². The molecule has 0 aliphatic rings. The predicted octanol–water partition coefficient (Wildman–Crippen LogP) is 4.18. The van der Waals surface area contributed by atoms with Gasteiger partial charge in [-0.1, -0.05) is 47.5 Å². The van der Waals surface area contributed by atoms with Crippen LogP contribution >= 0.6 is 23.2 Å². The fourth-order valence-electron chi connectivity index (χ4n) is 2.56. The quantitative estimate of drug-likeness (QED) is 0.479. The van der Waals surface area contributed by atoms with Crippen molar-refractivity contribution in [1.82, 2.24) is 10.9 Å². The molecule has 0 saturated carbocycles. The molecule has 0 aliphatic carbocycles. The third kappa shape index (κ3) is 5.55. The second-order valence-corrected chi connectivity index (χ2v) is 8.98. The number of rotatable bonds is 5. The lowest BCUT2D eigenvalue weighted by Crippen LogP contribution is -2.41. The Hall–Kier alpha value is -3.07. The molecule has 0 spiro atoms. The summed E-state index contributed by atoms with van der Waals surface area (Å²) in [6, 6.07) is 16.6. The molecule has 3 aromatic carbocycles. The van der Waals surface area contributed by atoms with Gasteiger partial charge in [0.15, 0.2) is 0 Å². The zero-order chi connectivity index (χ0) is 22.6. The smallest absolute Gasteiger partial charge is 0.271 e. The number of sulfonamides is 1. The molecule has 0 atom stereocenters. The van der Waals surface area contributed by atoms with Gasteiger partial charge in [-0.2, -0.15) is 0 Å². The Kier molecular flexibility index (Phi) is 6.84. The summed E-state index contributed by atoms with van der Waals surface area (Å²) < 4.78 is 27.9. The first-order chi connectivity index (χ1) is 14.7. The van der Waals surface area contributed by atoms with E-state index in [1.54, 1.807) is 49.4 Å². The van der Waals surface area contributed by atoms with Gasteiger partial charge in [0, 0.05) is 10.6 Å². The summed E-state index contributed by atoms with van der Waals surface area (Å²) in [7, 11) is -4.02. The fourth-order valence-corrected chi connectivity index (χ4v) is 4.02. The van der Waals surface area contributed by atoms with Crippen molar-refractivity contribution in [2.45, 2.75) is 11.8 Å². The number of hydrogen-bond donors (Lipinski definition) is 3. The van der Waals surface area contributed by atoms with Crippen molar-refractivity contribution in [2.75, 3.05) is 4.72 Å². The van der Waals surface area contributed by atoms with Crippen LogP contribution in [0.2, 0.25) is 10.0 Å². The molecular formula is C21H17Cl2N3O4S. The van der Waals surface area contributed by atoms with Crippen LogP contribution in [-0.2, 0) is 10.0 Å². The summed E-state index contributed by atoms with van der Waals surface area (Å²) >= 11 is 12.1. The van der Waals surface area contributed by atoms with Crippen LogP contribution in [-0.4, -0.2) is 20.2 Å². The first-order valence-electron chi connectivity index (χ1n) is 8.91. The van der Waals surface area contributed by atoms with E-state index in [9.17, 15) is 18.0 Å². The monoisotopic (exact) mass is 477 g/mol. The van der Waals surface area contributed by atoms with Crippen LogP contribution in [0.15, 0.2) is 71.6 Å². The molecule has 0 heterocycles. The van der Waals surface area contributed by atoms with Crippen LogP contribution in [0.1, 0.15) is 26.3 Å². The fraction of sp³-hybridized carbons (Fsp3) is 0.0476. The highest BCUT2D eigenvalue weighted by Crippen LogP contribution is 2.25. The van der Waals surface area contributed by atoms with Crippen LogP contribution in [0, 0.1) is 6.92 Å². The Bertz CT molecular complexity index is 1250. The number of hydrazine groups is 1. The summed E-state index contributed by atoms with van der Waals surface area (Å²) in [6.45, 7) is 1.79. The van der Waals surface area contributed by atoms with E-state index in [1.807, 2.05) is 0 Å². The van der Waals surface area contributed by atoms with Crippen LogP contribution in [0.3, 0.4) is 0 Å². The molecule has 0 bridgehead atoms. The van der Waals surface area contributed by atoms with Crippen molar-refractivity contribution in [2.24, 2.45) is 0 Å². The van der Waals surface area contributed by atoms with Gasteiger partial charge < -0.3 is 0 Å². The lowest BCUT2D eigenvalue weighted by Gasteiger charge is -2.12. The number of aryl methyl sites for hydroxylation is 1. The SMILES string of the molecule is Cc1ccc(NS(=O)(=O)c2ccc(Cl)c(C(=O)NNC(=O)c3ccccc3)c2)cc1Cl. The molecule has 2 amide bonds. The Morgan fingerprint density at radius 2 is 1.48 bits per heavy atom. The van der Waals surface area contributed by atoms with Crippen molar-refractivity contribution in [3.8, 4) is 0 Å². The van der Waals surface area contributed by atoms with Gasteiger partial charge in [-0.05, 0) is 55.0 Å². The Morgan fingerprint density at radius 1 is 0.806 bits per heavy atom. The third-order valence-corrected chi connectivity index (χ3v) is 6.36. The Labute approximate surface area is 189 Å². The number of carbonyl (C=O) groups excluding carboxylic acids is 2. The molecule has 3 N–H and O–H groups in total. The molecule has 0 saturated heterocycles. The number of halogens is 2. The van der Waals surface area contributed by atoms with Gasteiger partial charge in [-0.25, -0.2) is 8.42 Å². The summed E-state index contributed by atoms with van der Waals surface area (Å²) in [5.41, 5.74) is 5.76. The normalized spacial score (nSPS) is 10.9. The van der Waals surface area contributed by atoms with Gasteiger partial charge >= 0.3 is 0 Å². The third-order valence-electron chi connectivity index (χ3n) is 4.24. The zero-order valence-corrected chi connectivity index (χ0v) is 18.5. The van der Waals surface area contributed by atoms with E-state index in [2.05, 4.69) is 15.6 Å². The molecular weight excluding hydrogens is 461 g/mol. The second kappa shape index (κ2) is 9.38. The minimum Gasteiger partial charge on any atom is -0.280 e. The van der Waals surface area contributed by atoms with E-state index in [1.165, 1.54) is 18.2 Å². The van der Waals surface area contributed by atoms with Crippen LogP contribution in [0.4, 0.5) is 5.69 Å². The number of hydrogen-bond acceptors (Lipinski definition) is 4. The number of carbonyl (C=O) groups is 2. The molecule has 0 aromatic heterocycles. The molecule has 0 fully saturated rings. The lowest BCUT2D eigenvalue weighted by atomic mass is 10.2. The van der Waals surface area contributed by atoms with E-state index in [4.69, 9.17) is 23.2 Å². The largest absolute Gasteiger partial charge is 0.280 e. The molecule has 3 aromatic rings. The predicted molar refractivity (Wildman–Crippen MR) is 120 cm³/mol. The van der Waals surface area contributed by atoms with Crippen LogP contribution in [0.5, 0.6) is 0 Å². The highest BCUT2D eigenvalue weighted by molar-refractivity contribution is 7.92. The summed E-state index contributed by atoms with van der Waals surface area (Å²) in [6.07, 6.45) is 0. The molecule has 0 unspecified atom stereocenters. The summed E-state index contributed by atoms with van der Waals surface area (Å²) in [4.78, 5) is 24.4. The molecule has 10 heteroatoms. The van der Waals surface area contributed by atoms with Gasteiger partial charge in [-0.3, -0.25) is 25.2 Å². The van der Waals surface area contributed by atoms with Crippen LogP contribution < -0.4 is 15.6 Å². The maximum Gasteiger partial charge on any atom is 0.271 e. The van der Waals surface area contributed by atoms with Crippen molar-refractivity contribution < 1.29 is 18.0 Å². The first-order valence-corrected chi connectivity index (χ1v) is 11.2. The minimum atomic E-state index is -4.02. The zero-order valence-electron chi connectivity index (χ0n) is 16.1. The van der Waals surface area contributed by atoms with Gasteiger partial charge in [-0.15, -0.1) is 0 Å². The van der Waals surface area contributed by atoms with E-state index in [0.29, 0.717) is 10.6 Å². The van der Waals surface area contributed by atoms with Crippen molar-refractivity contribution in [3.63, 3.8) is 0 Å². The second-order valence-electron chi connectivity index (χ2n) is 6.49. The topological polar surface area (TPSA) is 104 Å². The number of anilines is 1. The van der Waals surface area contributed by atoms with Gasteiger partial charge in [0.2, 0.25) is 0 Å². The van der Waals surface area contributed by atoms with Crippen LogP contribution in [0.25, 0.3) is 0 Å². The molecule has 0 aliphatic heterocycles. The van der Waals surface area contributed by atoms with Gasteiger partial charge in [0.25, 0.3) is 21.8 Å². The maximum absolute atomic E-state index is 12.7. The molecule has 31 heavy (non-hydrogen) atoms. The van der Waals surface area contributed by atoms with Crippen molar-refractivity contribution in [3.05, 3.63) is 93.5 Å². The standard InChI is InChI=1S/C21H17Cl2N3O4S/c1-13-7-8-15(11-19(13)23)26-31(29,30)16-9-10-18(22)17(12-16)21(28)25-24-20(27)14-5-3-2-4-6-14/h2-12,26H,1H3,(H,24,27)(H,25,28). The van der Waals surface area contributed by atoms with Gasteiger partial charge in [0.1, 0.15) is 0 Å². The Morgan fingerprint density at radius 3 is 2.16 bits per heavy atom.